The van der Waals surface area contributed by atoms with Gasteiger partial charge >= 0.3 is 6.92 Å². The molecular weight excluding hydrogens is 333 g/mol. The van der Waals surface area contributed by atoms with Crippen molar-refractivity contribution in [2.45, 2.75) is 13.5 Å². The Kier molecular flexibility index (Phi) is 4.65. The molecule has 3 aromatic rings. The van der Waals surface area contributed by atoms with Crippen LogP contribution in [0.5, 0.6) is 0 Å². The van der Waals surface area contributed by atoms with Crippen molar-refractivity contribution in [2.24, 2.45) is 0 Å². The van der Waals surface area contributed by atoms with Crippen LogP contribution in [0, 0.1) is 6.92 Å². The van der Waals surface area contributed by atoms with E-state index in [2.05, 4.69) is 24.0 Å². The molecule has 132 valence electrons. The summed E-state index contributed by atoms with van der Waals surface area (Å²) in [4.78, 5) is 12.5. The fourth-order valence-electron chi connectivity index (χ4n) is 3.30. The Morgan fingerprint density at radius 1 is 1.07 bits per heavy atom. The van der Waals surface area contributed by atoms with Gasteiger partial charge in [0.1, 0.15) is 0 Å². The number of carbonyl (C=O) groups excluding carboxylic acids is 1. The summed E-state index contributed by atoms with van der Waals surface area (Å²) in [5, 5.41) is 2.99. The summed E-state index contributed by atoms with van der Waals surface area (Å²) < 4.78 is 6.00. The van der Waals surface area contributed by atoms with E-state index in [1.807, 2.05) is 67.6 Å². The molecule has 1 heterocycles. The first-order valence-corrected chi connectivity index (χ1v) is 8.99. The van der Waals surface area contributed by atoms with Crippen LogP contribution in [-0.2, 0) is 11.3 Å². The normalized spacial score (nSPS) is 12.6. The average molecular weight is 353 g/mol. The van der Waals surface area contributed by atoms with Gasteiger partial charge in [-0.05, 0) is 53.2 Å². The Bertz CT molecular complexity index is 994. The number of amides is 1. The van der Waals surface area contributed by atoms with Gasteiger partial charge in [0.15, 0.2) is 0 Å². The SMILES string of the molecule is C=Cc1ccc(B2OCc3ccc(NC(=O)c4ccc(C)cc4)cc32)cc1. The van der Waals surface area contributed by atoms with Crippen LogP contribution in [0.15, 0.2) is 73.3 Å². The van der Waals surface area contributed by atoms with Crippen LogP contribution in [0.25, 0.3) is 6.08 Å². The van der Waals surface area contributed by atoms with E-state index in [4.69, 9.17) is 4.65 Å². The molecule has 0 saturated carbocycles. The molecule has 3 aromatic carbocycles. The van der Waals surface area contributed by atoms with Crippen molar-refractivity contribution in [1.82, 2.24) is 0 Å². The zero-order chi connectivity index (χ0) is 18.8. The zero-order valence-corrected chi connectivity index (χ0v) is 15.2. The van der Waals surface area contributed by atoms with E-state index in [0.29, 0.717) is 12.2 Å². The molecule has 1 N–H and O–H groups in total. The lowest BCUT2D eigenvalue weighted by Crippen LogP contribution is -2.41. The first-order chi connectivity index (χ1) is 13.1. The van der Waals surface area contributed by atoms with E-state index in [-0.39, 0.29) is 12.8 Å². The van der Waals surface area contributed by atoms with Gasteiger partial charge in [-0.25, -0.2) is 0 Å². The van der Waals surface area contributed by atoms with Gasteiger partial charge in [-0.1, -0.05) is 60.7 Å². The van der Waals surface area contributed by atoms with Gasteiger partial charge < -0.3 is 9.97 Å². The molecule has 4 rings (SSSR count). The highest BCUT2D eigenvalue weighted by atomic mass is 16.4. The van der Waals surface area contributed by atoms with Crippen molar-refractivity contribution in [3.63, 3.8) is 0 Å². The summed E-state index contributed by atoms with van der Waals surface area (Å²) >= 11 is 0. The first kappa shape index (κ1) is 17.3. The summed E-state index contributed by atoms with van der Waals surface area (Å²) in [6, 6.07) is 21.7. The largest absolute Gasteiger partial charge is 0.423 e. The second-order valence-corrected chi connectivity index (χ2v) is 6.80. The van der Waals surface area contributed by atoms with Gasteiger partial charge in [0.05, 0.1) is 6.61 Å². The zero-order valence-electron chi connectivity index (χ0n) is 15.2. The summed E-state index contributed by atoms with van der Waals surface area (Å²) in [5.41, 5.74) is 6.99. The number of rotatable bonds is 4. The lowest BCUT2D eigenvalue weighted by Gasteiger charge is -2.10. The minimum Gasteiger partial charge on any atom is -0.423 e. The van der Waals surface area contributed by atoms with Gasteiger partial charge in [-0.3, -0.25) is 4.79 Å². The van der Waals surface area contributed by atoms with Crippen LogP contribution in [0.4, 0.5) is 5.69 Å². The molecule has 0 aromatic heterocycles. The van der Waals surface area contributed by atoms with Crippen LogP contribution >= 0.6 is 0 Å². The number of benzene rings is 3. The number of aryl methyl sites for hydroxylation is 1. The molecule has 0 aliphatic carbocycles. The summed E-state index contributed by atoms with van der Waals surface area (Å²) in [5.74, 6) is -0.110. The second-order valence-electron chi connectivity index (χ2n) is 6.80. The maximum absolute atomic E-state index is 12.5. The first-order valence-electron chi connectivity index (χ1n) is 8.99. The fraction of sp³-hybridized carbons (Fsp3) is 0.0870. The average Bonchev–Trinajstić information content (AvgIpc) is 3.12. The van der Waals surface area contributed by atoms with Crippen molar-refractivity contribution in [2.75, 3.05) is 5.32 Å². The van der Waals surface area contributed by atoms with E-state index in [0.717, 1.165) is 33.3 Å². The molecule has 1 aliphatic rings. The maximum atomic E-state index is 12.5. The maximum Gasteiger partial charge on any atom is 0.362 e. The quantitative estimate of drug-likeness (QED) is 0.729. The molecule has 0 unspecified atom stereocenters. The molecule has 1 aliphatic heterocycles. The number of hydrogen-bond acceptors (Lipinski definition) is 2. The summed E-state index contributed by atoms with van der Waals surface area (Å²) in [7, 11) is 0. The van der Waals surface area contributed by atoms with Gasteiger partial charge in [-0.2, -0.15) is 0 Å². The van der Waals surface area contributed by atoms with E-state index >= 15 is 0 Å². The molecule has 0 saturated heterocycles. The third kappa shape index (κ3) is 3.57. The number of anilines is 1. The van der Waals surface area contributed by atoms with Crippen LogP contribution in [0.2, 0.25) is 0 Å². The molecule has 1 amide bonds. The number of hydrogen-bond donors (Lipinski definition) is 1. The van der Waals surface area contributed by atoms with Crippen LogP contribution < -0.4 is 16.2 Å². The molecule has 0 fully saturated rings. The van der Waals surface area contributed by atoms with Gasteiger partial charge in [0.2, 0.25) is 0 Å². The fourth-order valence-corrected chi connectivity index (χ4v) is 3.30. The predicted octanol–water partition coefficient (Wildman–Crippen LogP) is 3.53. The minimum absolute atomic E-state index is 0.110. The van der Waals surface area contributed by atoms with Crippen molar-refractivity contribution >= 4 is 35.5 Å². The molecule has 0 radical (unpaired) electrons. The molecule has 4 heteroatoms. The van der Waals surface area contributed by atoms with Crippen LogP contribution in [0.3, 0.4) is 0 Å². The summed E-state index contributed by atoms with van der Waals surface area (Å²) in [6.45, 7) is 6.26. The number of fused-ring (bicyclic) bond motifs is 1. The number of carbonyl (C=O) groups is 1. The molecule has 3 nitrogen and oxygen atoms in total. The van der Waals surface area contributed by atoms with Gasteiger partial charge in [0.25, 0.3) is 5.91 Å². The standard InChI is InChI=1S/C23H20BNO2/c1-3-17-6-11-20(12-7-17)24-22-14-21(13-10-19(22)15-27-24)25-23(26)18-8-4-16(2)5-9-18/h3-14H,1,15H2,2H3,(H,25,26). The third-order valence-corrected chi connectivity index (χ3v) is 4.88. The van der Waals surface area contributed by atoms with E-state index in [9.17, 15) is 4.79 Å². The van der Waals surface area contributed by atoms with E-state index < -0.39 is 0 Å². The number of nitrogens with one attached hydrogen (secondary N) is 1. The minimum atomic E-state index is -0.116. The van der Waals surface area contributed by atoms with Crippen molar-refractivity contribution < 1.29 is 9.45 Å². The molecule has 0 bridgehead atoms. The molecule has 0 atom stereocenters. The van der Waals surface area contributed by atoms with Crippen LogP contribution in [-0.4, -0.2) is 12.8 Å². The van der Waals surface area contributed by atoms with Gasteiger partial charge in [0, 0.05) is 11.3 Å². The highest BCUT2D eigenvalue weighted by molar-refractivity contribution is 6.81. The summed E-state index contributed by atoms with van der Waals surface area (Å²) in [6.07, 6.45) is 1.83. The smallest absolute Gasteiger partial charge is 0.362 e. The Morgan fingerprint density at radius 2 is 1.81 bits per heavy atom. The Morgan fingerprint density at radius 3 is 2.52 bits per heavy atom. The van der Waals surface area contributed by atoms with Crippen molar-refractivity contribution in [3.05, 3.63) is 95.6 Å². The van der Waals surface area contributed by atoms with E-state index in [1.54, 1.807) is 0 Å². The molecular formula is C23H20BNO2. The highest BCUT2D eigenvalue weighted by Crippen LogP contribution is 2.17. The Balaban J connectivity index is 1.58. The van der Waals surface area contributed by atoms with Crippen molar-refractivity contribution in [1.29, 1.82) is 0 Å². The predicted molar refractivity (Wildman–Crippen MR) is 112 cm³/mol. The third-order valence-electron chi connectivity index (χ3n) is 4.88. The molecule has 27 heavy (non-hydrogen) atoms. The molecule has 0 spiro atoms. The topological polar surface area (TPSA) is 38.3 Å². The highest BCUT2D eigenvalue weighted by Gasteiger charge is 2.30. The van der Waals surface area contributed by atoms with Gasteiger partial charge in [-0.15, -0.1) is 0 Å². The monoisotopic (exact) mass is 353 g/mol. The van der Waals surface area contributed by atoms with Crippen LogP contribution in [0.1, 0.15) is 27.0 Å². The lowest BCUT2D eigenvalue weighted by molar-refractivity contribution is 0.102. The Labute approximate surface area is 159 Å². The Hall–Kier alpha value is -3.11. The van der Waals surface area contributed by atoms with Crippen molar-refractivity contribution in [3.8, 4) is 0 Å². The lowest BCUT2D eigenvalue weighted by atomic mass is 9.56. The van der Waals surface area contributed by atoms with E-state index in [1.165, 1.54) is 0 Å². The second kappa shape index (κ2) is 7.26.